The maximum Gasteiger partial charge on any atom is 0.294 e. The number of thiophene rings is 1. The average Bonchev–Trinajstić information content (AvgIpc) is 3.12. The number of hydrogen-bond acceptors (Lipinski definition) is 5. The fourth-order valence-electron chi connectivity index (χ4n) is 2.52. The average molecular weight is 336 g/mol. The van der Waals surface area contributed by atoms with E-state index in [1.54, 1.807) is 11.0 Å². The van der Waals surface area contributed by atoms with Crippen molar-refractivity contribution in [3.8, 4) is 0 Å². The predicted octanol–water partition coefficient (Wildman–Crippen LogP) is 2.80. The number of carbonyl (C=O) groups is 3. The normalized spacial score (nSPS) is 21.0. The van der Waals surface area contributed by atoms with Crippen LogP contribution in [0.1, 0.15) is 24.1 Å². The van der Waals surface area contributed by atoms with Crippen molar-refractivity contribution < 1.29 is 14.4 Å². The summed E-state index contributed by atoms with van der Waals surface area (Å²) in [7, 11) is 0. The number of hydrogen-bond donors (Lipinski definition) is 0. The lowest BCUT2D eigenvalue weighted by Crippen LogP contribution is -2.44. The van der Waals surface area contributed by atoms with E-state index in [1.165, 1.54) is 11.3 Å². The van der Waals surface area contributed by atoms with Gasteiger partial charge >= 0.3 is 0 Å². The first-order chi connectivity index (χ1) is 10.6. The van der Waals surface area contributed by atoms with Crippen molar-refractivity contribution in [1.82, 2.24) is 9.80 Å². The third-order valence-corrected chi connectivity index (χ3v) is 5.42. The molecule has 3 rings (SSSR count). The van der Waals surface area contributed by atoms with Gasteiger partial charge < -0.3 is 4.90 Å². The first kappa shape index (κ1) is 15.3. The van der Waals surface area contributed by atoms with E-state index in [0.717, 1.165) is 53.9 Å². The lowest BCUT2D eigenvalue weighted by molar-refractivity contribution is -0.136. The standard InChI is InChI=1S/C15H16N2O3S2/c18-13(16-6-2-1-3-7-16)10-17-14(19)12(22-15(17)20)9-11-5-4-8-21-11/h4-5,8-9H,1-3,6-7,10H2/b12-9-. The summed E-state index contributed by atoms with van der Waals surface area (Å²) in [5.41, 5.74) is 0. The Labute approximate surface area is 137 Å². The third kappa shape index (κ3) is 3.25. The highest BCUT2D eigenvalue weighted by molar-refractivity contribution is 8.18. The van der Waals surface area contributed by atoms with Crippen LogP contribution in [0, 0.1) is 0 Å². The van der Waals surface area contributed by atoms with Crippen molar-refractivity contribution in [2.45, 2.75) is 19.3 Å². The van der Waals surface area contributed by atoms with Crippen LogP contribution in [-0.2, 0) is 9.59 Å². The molecule has 5 nitrogen and oxygen atoms in total. The molecular weight excluding hydrogens is 320 g/mol. The molecule has 0 spiro atoms. The minimum atomic E-state index is -0.367. The first-order valence-corrected chi connectivity index (χ1v) is 8.91. The summed E-state index contributed by atoms with van der Waals surface area (Å²) in [6.07, 6.45) is 4.83. The first-order valence-electron chi connectivity index (χ1n) is 7.22. The van der Waals surface area contributed by atoms with E-state index in [9.17, 15) is 14.4 Å². The second-order valence-corrected chi connectivity index (χ2v) is 7.20. The maximum absolute atomic E-state index is 12.3. The molecule has 0 saturated carbocycles. The summed E-state index contributed by atoms with van der Waals surface area (Å²) in [6.45, 7) is 1.30. The molecule has 0 unspecified atom stereocenters. The van der Waals surface area contributed by atoms with Crippen LogP contribution in [0.15, 0.2) is 22.4 Å². The molecule has 2 saturated heterocycles. The van der Waals surface area contributed by atoms with Gasteiger partial charge in [0.25, 0.3) is 11.1 Å². The smallest absolute Gasteiger partial charge is 0.294 e. The molecule has 2 aliphatic heterocycles. The number of piperidine rings is 1. The molecule has 1 aromatic heterocycles. The summed E-state index contributed by atoms with van der Waals surface area (Å²) >= 11 is 2.41. The molecule has 0 aromatic carbocycles. The van der Waals surface area contributed by atoms with E-state index >= 15 is 0 Å². The zero-order valence-electron chi connectivity index (χ0n) is 12.0. The summed E-state index contributed by atoms with van der Waals surface area (Å²) < 4.78 is 0. The highest BCUT2D eigenvalue weighted by Crippen LogP contribution is 2.32. The van der Waals surface area contributed by atoms with E-state index in [1.807, 2.05) is 17.5 Å². The van der Waals surface area contributed by atoms with Gasteiger partial charge in [0.15, 0.2) is 0 Å². The number of carbonyl (C=O) groups excluding carboxylic acids is 3. The minimum Gasteiger partial charge on any atom is -0.341 e. The van der Waals surface area contributed by atoms with E-state index < -0.39 is 0 Å². The van der Waals surface area contributed by atoms with Crippen LogP contribution in [0.4, 0.5) is 4.79 Å². The highest BCUT2D eigenvalue weighted by Gasteiger charge is 2.37. The van der Waals surface area contributed by atoms with E-state index in [2.05, 4.69) is 0 Å². The lowest BCUT2D eigenvalue weighted by Gasteiger charge is -2.27. The summed E-state index contributed by atoms with van der Waals surface area (Å²) in [6, 6.07) is 3.78. The van der Waals surface area contributed by atoms with Crippen LogP contribution < -0.4 is 0 Å². The molecule has 2 aliphatic rings. The van der Waals surface area contributed by atoms with Crippen molar-refractivity contribution in [2.24, 2.45) is 0 Å². The minimum absolute atomic E-state index is 0.139. The van der Waals surface area contributed by atoms with Gasteiger partial charge in [-0.2, -0.15) is 0 Å². The second kappa shape index (κ2) is 6.66. The van der Waals surface area contributed by atoms with Crippen molar-refractivity contribution in [3.05, 3.63) is 27.3 Å². The molecule has 0 atom stereocenters. The SMILES string of the molecule is O=C(CN1C(=O)S/C(=C\c2cccs2)C1=O)N1CCCCC1. The molecule has 22 heavy (non-hydrogen) atoms. The molecule has 1 aromatic rings. The quantitative estimate of drug-likeness (QED) is 0.797. The van der Waals surface area contributed by atoms with Crippen LogP contribution in [0.25, 0.3) is 6.08 Å². The monoisotopic (exact) mass is 336 g/mol. The van der Waals surface area contributed by atoms with Gasteiger partial charge in [0.1, 0.15) is 6.54 Å². The zero-order chi connectivity index (χ0) is 15.5. The van der Waals surface area contributed by atoms with Gasteiger partial charge in [-0.3, -0.25) is 19.3 Å². The van der Waals surface area contributed by atoms with Crippen LogP contribution in [0.3, 0.4) is 0 Å². The molecular formula is C15H16N2O3S2. The Kier molecular flexibility index (Phi) is 4.63. The van der Waals surface area contributed by atoms with Gasteiger partial charge in [0, 0.05) is 18.0 Å². The summed E-state index contributed by atoms with van der Waals surface area (Å²) in [5, 5.41) is 1.55. The number of amides is 3. The topological polar surface area (TPSA) is 57.7 Å². The predicted molar refractivity (Wildman–Crippen MR) is 87.4 cm³/mol. The maximum atomic E-state index is 12.3. The van der Waals surface area contributed by atoms with Crippen molar-refractivity contribution >= 4 is 46.2 Å². The Morgan fingerprint density at radius 1 is 1.23 bits per heavy atom. The number of rotatable bonds is 3. The van der Waals surface area contributed by atoms with Crippen LogP contribution in [0.2, 0.25) is 0 Å². The highest BCUT2D eigenvalue weighted by atomic mass is 32.2. The molecule has 0 N–H and O–H groups in total. The van der Waals surface area contributed by atoms with Gasteiger partial charge in [-0.15, -0.1) is 11.3 Å². The Morgan fingerprint density at radius 2 is 2.00 bits per heavy atom. The molecule has 3 amide bonds. The molecule has 116 valence electrons. The van der Waals surface area contributed by atoms with Gasteiger partial charge in [-0.05, 0) is 48.5 Å². The van der Waals surface area contributed by atoms with Crippen molar-refractivity contribution in [2.75, 3.05) is 19.6 Å². The largest absolute Gasteiger partial charge is 0.341 e. The van der Waals surface area contributed by atoms with Gasteiger partial charge in [0.2, 0.25) is 5.91 Å². The van der Waals surface area contributed by atoms with E-state index in [-0.39, 0.29) is 23.6 Å². The van der Waals surface area contributed by atoms with Crippen molar-refractivity contribution in [1.29, 1.82) is 0 Å². The summed E-state index contributed by atoms with van der Waals surface area (Å²) in [4.78, 5) is 40.6. The molecule has 0 radical (unpaired) electrons. The molecule has 2 fully saturated rings. The Balaban J connectivity index is 1.68. The molecule has 0 bridgehead atoms. The fourth-order valence-corrected chi connectivity index (χ4v) is 4.08. The Hall–Kier alpha value is -1.60. The number of nitrogens with zero attached hydrogens (tertiary/aromatic N) is 2. The Morgan fingerprint density at radius 3 is 2.68 bits per heavy atom. The van der Waals surface area contributed by atoms with Crippen LogP contribution in [-0.4, -0.2) is 46.5 Å². The molecule has 3 heterocycles. The van der Waals surface area contributed by atoms with Gasteiger partial charge in [0.05, 0.1) is 4.91 Å². The second-order valence-electron chi connectivity index (χ2n) is 5.22. The molecule has 7 heteroatoms. The van der Waals surface area contributed by atoms with Crippen LogP contribution in [0.5, 0.6) is 0 Å². The zero-order valence-corrected chi connectivity index (χ0v) is 13.6. The number of likely N-dealkylation sites (tertiary alicyclic amines) is 1. The van der Waals surface area contributed by atoms with E-state index in [0.29, 0.717) is 4.91 Å². The van der Waals surface area contributed by atoms with Gasteiger partial charge in [-0.25, -0.2) is 0 Å². The Bertz CT molecular complexity index is 619. The van der Waals surface area contributed by atoms with Crippen molar-refractivity contribution in [3.63, 3.8) is 0 Å². The lowest BCUT2D eigenvalue weighted by atomic mass is 10.1. The third-order valence-electron chi connectivity index (χ3n) is 3.69. The van der Waals surface area contributed by atoms with Crippen LogP contribution >= 0.6 is 23.1 Å². The summed E-state index contributed by atoms with van der Waals surface area (Å²) in [5.74, 6) is -0.506. The number of imide groups is 1. The molecule has 0 aliphatic carbocycles. The van der Waals surface area contributed by atoms with E-state index in [4.69, 9.17) is 0 Å². The van der Waals surface area contributed by atoms with Gasteiger partial charge in [-0.1, -0.05) is 6.07 Å². The number of thioether (sulfide) groups is 1. The fraction of sp³-hybridized carbons (Fsp3) is 0.400.